The lowest BCUT2D eigenvalue weighted by atomic mass is 9.76. The van der Waals surface area contributed by atoms with Crippen molar-refractivity contribution in [2.24, 2.45) is 0 Å². The summed E-state index contributed by atoms with van der Waals surface area (Å²) in [5.41, 5.74) is -0.836. The second kappa shape index (κ2) is 4.64. The maximum Gasteiger partial charge on any atom is 0.185 e. The van der Waals surface area contributed by atoms with Crippen molar-refractivity contribution >= 4 is 22.3 Å². The van der Waals surface area contributed by atoms with Gasteiger partial charge >= 0.3 is 0 Å². The minimum atomic E-state index is -1.57. The minimum Gasteiger partial charge on any atom is -0.508 e. The molecule has 3 N–H and O–H groups in total. The molecule has 3 aromatic rings. The van der Waals surface area contributed by atoms with Gasteiger partial charge in [0.25, 0.3) is 0 Å². The first-order chi connectivity index (χ1) is 12.5. The molecule has 0 saturated heterocycles. The Balaban J connectivity index is 1.90. The molecular weight excluding hydrogens is 332 g/mol. The summed E-state index contributed by atoms with van der Waals surface area (Å²) in [4.78, 5) is 26.7. The fourth-order valence-electron chi connectivity index (χ4n) is 4.56. The zero-order chi connectivity index (χ0) is 18.2. The first-order valence-electron chi connectivity index (χ1n) is 8.36. The quantitative estimate of drug-likeness (QED) is 0.429. The van der Waals surface area contributed by atoms with Gasteiger partial charge < -0.3 is 15.3 Å². The van der Waals surface area contributed by atoms with Crippen LogP contribution in [0.2, 0.25) is 0 Å². The molecule has 0 aromatic heterocycles. The van der Waals surface area contributed by atoms with Gasteiger partial charge in [0.05, 0.1) is 11.1 Å². The summed E-state index contributed by atoms with van der Waals surface area (Å²) in [6, 6.07) is 11.5. The average molecular weight is 346 g/mol. The Labute approximate surface area is 148 Å². The van der Waals surface area contributed by atoms with Crippen LogP contribution in [0.1, 0.15) is 38.3 Å². The van der Waals surface area contributed by atoms with E-state index in [1.54, 1.807) is 36.4 Å². The molecule has 0 amide bonds. The minimum absolute atomic E-state index is 0.113. The molecule has 0 saturated carbocycles. The number of hydrogen-bond donors (Lipinski definition) is 3. The Morgan fingerprint density at radius 1 is 0.769 bits per heavy atom. The molecule has 1 spiro atoms. The molecule has 2 aliphatic rings. The Morgan fingerprint density at radius 3 is 1.92 bits per heavy atom. The van der Waals surface area contributed by atoms with E-state index in [1.807, 2.05) is 0 Å². The lowest BCUT2D eigenvalue weighted by molar-refractivity contribution is 0.0791. The maximum absolute atomic E-state index is 13.4. The topological polar surface area (TPSA) is 94.8 Å². The molecule has 128 valence electrons. The molecule has 26 heavy (non-hydrogen) atoms. The molecule has 0 atom stereocenters. The molecule has 0 unspecified atom stereocenters. The van der Waals surface area contributed by atoms with Crippen LogP contribution in [-0.4, -0.2) is 26.9 Å². The third kappa shape index (κ3) is 1.47. The van der Waals surface area contributed by atoms with E-state index in [4.69, 9.17) is 0 Å². The second-order valence-corrected chi connectivity index (χ2v) is 6.87. The summed E-state index contributed by atoms with van der Waals surface area (Å²) >= 11 is 0. The van der Waals surface area contributed by atoms with Crippen LogP contribution >= 0.6 is 0 Å². The van der Waals surface area contributed by atoms with Gasteiger partial charge in [-0.3, -0.25) is 9.59 Å². The van der Waals surface area contributed by atoms with Crippen molar-refractivity contribution in [2.75, 3.05) is 0 Å². The first kappa shape index (κ1) is 15.0. The highest BCUT2D eigenvalue weighted by atomic mass is 16.3. The monoisotopic (exact) mass is 346 g/mol. The summed E-state index contributed by atoms with van der Waals surface area (Å²) in [6.45, 7) is 0. The Hall–Kier alpha value is -3.34. The largest absolute Gasteiger partial charge is 0.508 e. The molecule has 3 aromatic carbocycles. The van der Waals surface area contributed by atoms with E-state index in [0.717, 1.165) is 5.56 Å². The summed E-state index contributed by atoms with van der Waals surface area (Å²) in [6.07, 6.45) is 0.678. The summed E-state index contributed by atoms with van der Waals surface area (Å²) in [7, 11) is 0. The predicted octanol–water partition coefficient (Wildman–Crippen LogP) is 3.22. The highest BCUT2D eigenvalue weighted by Gasteiger charge is 2.60. The average Bonchev–Trinajstić information content (AvgIpc) is 3.14. The number of ketones is 2. The number of aryl methyl sites for hydroxylation is 1. The normalized spacial score (nSPS) is 17.1. The number of benzene rings is 3. The third-order valence-electron chi connectivity index (χ3n) is 5.72. The van der Waals surface area contributed by atoms with Gasteiger partial charge in [-0.15, -0.1) is 0 Å². The fourth-order valence-corrected chi connectivity index (χ4v) is 4.56. The fraction of sp³-hybridized carbons (Fsp3) is 0.143. The number of phenols is 3. The summed E-state index contributed by atoms with van der Waals surface area (Å²) < 4.78 is 0. The standard InChI is InChI=1S/C21H14O5/c22-13-7-3-4-10-8-9-21(16(10)13)19(25)14-15(20(21)26)18(24)12-6-2-1-5-11(12)17(14)23/h1-7,22-24H,8-9H2. The second-order valence-electron chi connectivity index (χ2n) is 6.87. The van der Waals surface area contributed by atoms with Crippen molar-refractivity contribution in [1.82, 2.24) is 0 Å². The SMILES string of the molecule is O=C1c2c(c(O)c3ccccc3c2O)C(=O)C12CCc1cccc(O)c12. The van der Waals surface area contributed by atoms with Crippen LogP contribution in [0.15, 0.2) is 42.5 Å². The smallest absolute Gasteiger partial charge is 0.185 e. The zero-order valence-electron chi connectivity index (χ0n) is 13.6. The van der Waals surface area contributed by atoms with Crippen molar-refractivity contribution in [3.63, 3.8) is 0 Å². The van der Waals surface area contributed by atoms with Crippen molar-refractivity contribution in [1.29, 1.82) is 0 Å². The van der Waals surface area contributed by atoms with Crippen LogP contribution in [0.3, 0.4) is 0 Å². The van der Waals surface area contributed by atoms with E-state index in [2.05, 4.69) is 0 Å². The summed E-state index contributed by atoms with van der Waals surface area (Å²) in [5, 5.41) is 32.4. The van der Waals surface area contributed by atoms with Gasteiger partial charge in [0.1, 0.15) is 22.7 Å². The van der Waals surface area contributed by atoms with E-state index in [1.165, 1.54) is 6.07 Å². The number of carbonyl (C=O) groups excluding carboxylic acids is 2. The molecule has 5 rings (SSSR count). The van der Waals surface area contributed by atoms with Gasteiger partial charge in [0.2, 0.25) is 0 Å². The van der Waals surface area contributed by atoms with E-state index in [0.29, 0.717) is 22.8 Å². The molecule has 0 radical (unpaired) electrons. The van der Waals surface area contributed by atoms with Gasteiger partial charge in [-0.05, 0) is 24.5 Å². The molecule has 5 heteroatoms. The predicted molar refractivity (Wildman–Crippen MR) is 94.0 cm³/mol. The molecule has 0 fully saturated rings. The van der Waals surface area contributed by atoms with Gasteiger partial charge in [0.15, 0.2) is 11.6 Å². The molecular formula is C21H14O5. The van der Waals surface area contributed by atoms with Gasteiger partial charge in [-0.1, -0.05) is 36.4 Å². The lowest BCUT2D eigenvalue weighted by Crippen LogP contribution is -2.36. The maximum atomic E-state index is 13.4. The Bertz CT molecular complexity index is 1100. The number of Topliss-reactive ketones (excluding diaryl/α,β-unsaturated/α-hetero) is 2. The number of phenolic OH excluding ortho intramolecular Hbond substituents is 3. The number of hydrogen-bond acceptors (Lipinski definition) is 5. The van der Waals surface area contributed by atoms with Crippen LogP contribution in [-0.2, 0) is 11.8 Å². The van der Waals surface area contributed by atoms with Gasteiger partial charge in [-0.2, -0.15) is 0 Å². The first-order valence-corrected chi connectivity index (χ1v) is 8.36. The van der Waals surface area contributed by atoms with Gasteiger partial charge in [0, 0.05) is 16.3 Å². The van der Waals surface area contributed by atoms with Crippen LogP contribution in [0, 0.1) is 0 Å². The lowest BCUT2D eigenvalue weighted by Gasteiger charge is -2.21. The Kier molecular flexibility index (Phi) is 2.67. The number of fused-ring (bicyclic) bond motifs is 4. The van der Waals surface area contributed by atoms with Crippen molar-refractivity contribution in [3.05, 3.63) is 64.7 Å². The van der Waals surface area contributed by atoms with Crippen LogP contribution in [0.4, 0.5) is 0 Å². The zero-order valence-corrected chi connectivity index (χ0v) is 13.6. The Morgan fingerprint density at radius 2 is 1.35 bits per heavy atom. The van der Waals surface area contributed by atoms with E-state index >= 15 is 0 Å². The molecule has 5 nitrogen and oxygen atoms in total. The number of rotatable bonds is 0. The van der Waals surface area contributed by atoms with E-state index in [9.17, 15) is 24.9 Å². The van der Waals surface area contributed by atoms with Gasteiger partial charge in [-0.25, -0.2) is 0 Å². The molecule has 0 aliphatic heterocycles. The van der Waals surface area contributed by atoms with Crippen molar-refractivity contribution in [3.8, 4) is 17.2 Å². The molecule has 0 heterocycles. The van der Waals surface area contributed by atoms with Crippen molar-refractivity contribution < 1.29 is 24.9 Å². The molecule has 2 aliphatic carbocycles. The van der Waals surface area contributed by atoms with Crippen LogP contribution in [0.5, 0.6) is 17.2 Å². The number of aromatic hydroxyl groups is 3. The highest BCUT2D eigenvalue weighted by molar-refractivity contribution is 6.37. The third-order valence-corrected chi connectivity index (χ3v) is 5.72. The summed E-state index contributed by atoms with van der Waals surface area (Å²) in [5.74, 6) is -1.83. The van der Waals surface area contributed by atoms with Crippen molar-refractivity contribution in [2.45, 2.75) is 18.3 Å². The highest BCUT2D eigenvalue weighted by Crippen LogP contribution is 2.56. The number of carbonyl (C=O) groups is 2. The van der Waals surface area contributed by atoms with E-state index < -0.39 is 17.0 Å². The molecule has 0 bridgehead atoms. The van der Waals surface area contributed by atoms with E-state index in [-0.39, 0.29) is 34.8 Å². The van der Waals surface area contributed by atoms with Crippen LogP contribution < -0.4 is 0 Å². The van der Waals surface area contributed by atoms with Crippen LogP contribution in [0.25, 0.3) is 10.8 Å².